The molecule has 1 heterocycles. The molecule has 2 aromatic rings. The van der Waals surface area contributed by atoms with Gasteiger partial charge in [-0.1, -0.05) is 19.1 Å². The molecule has 0 aliphatic rings. The van der Waals surface area contributed by atoms with Crippen LogP contribution in [0.3, 0.4) is 0 Å². The SMILES string of the molecule is CCOC(=O)c1csc(Nc2ccc(CC)cc2)n1. The smallest absolute Gasteiger partial charge is 0.357 e. The number of hydrogen-bond acceptors (Lipinski definition) is 5. The third kappa shape index (κ3) is 3.54. The van der Waals surface area contributed by atoms with Gasteiger partial charge in [0.05, 0.1) is 6.61 Å². The van der Waals surface area contributed by atoms with Gasteiger partial charge in [0.2, 0.25) is 0 Å². The van der Waals surface area contributed by atoms with E-state index in [1.807, 2.05) is 12.1 Å². The summed E-state index contributed by atoms with van der Waals surface area (Å²) in [7, 11) is 0. The minimum absolute atomic E-state index is 0.347. The summed E-state index contributed by atoms with van der Waals surface area (Å²) in [6.07, 6.45) is 1.02. The van der Waals surface area contributed by atoms with Gasteiger partial charge in [-0.3, -0.25) is 0 Å². The molecule has 19 heavy (non-hydrogen) atoms. The van der Waals surface area contributed by atoms with Crippen LogP contribution in [0.5, 0.6) is 0 Å². The van der Waals surface area contributed by atoms with Crippen LogP contribution >= 0.6 is 11.3 Å². The standard InChI is InChI=1S/C14H16N2O2S/c1-3-10-5-7-11(8-6-10)15-14-16-12(9-19-14)13(17)18-4-2/h5-9H,3-4H2,1-2H3,(H,15,16). The number of aryl methyl sites for hydroxylation is 1. The van der Waals surface area contributed by atoms with Gasteiger partial charge < -0.3 is 10.1 Å². The lowest BCUT2D eigenvalue weighted by Crippen LogP contribution is -2.04. The summed E-state index contributed by atoms with van der Waals surface area (Å²) in [5.41, 5.74) is 2.60. The number of carbonyl (C=O) groups is 1. The van der Waals surface area contributed by atoms with E-state index in [2.05, 4.69) is 29.4 Å². The Balaban J connectivity index is 2.04. The summed E-state index contributed by atoms with van der Waals surface area (Å²) in [5, 5.41) is 5.55. The van der Waals surface area contributed by atoms with Crippen LogP contribution in [0.4, 0.5) is 10.8 Å². The Morgan fingerprint density at radius 3 is 2.68 bits per heavy atom. The molecule has 0 bridgehead atoms. The van der Waals surface area contributed by atoms with Crippen molar-refractivity contribution in [2.45, 2.75) is 20.3 Å². The first kappa shape index (κ1) is 13.5. The molecule has 0 amide bonds. The summed E-state index contributed by atoms with van der Waals surface area (Å²) in [5.74, 6) is -0.381. The fourth-order valence-electron chi connectivity index (χ4n) is 1.58. The van der Waals surface area contributed by atoms with Crippen molar-refractivity contribution in [3.05, 3.63) is 40.9 Å². The lowest BCUT2D eigenvalue weighted by molar-refractivity contribution is 0.0520. The molecule has 2 rings (SSSR count). The van der Waals surface area contributed by atoms with Crippen molar-refractivity contribution in [2.75, 3.05) is 11.9 Å². The number of anilines is 2. The van der Waals surface area contributed by atoms with E-state index in [1.165, 1.54) is 16.9 Å². The number of benzene rings is 1. The molecule has 0 aliphatic heterocycles. The monoisotopic (exact) mass is 276 g/mol. The summed E-state index contributed by atoms with van der Waals surface area (Å²) >= 11 is 1.39. The zero-order valence-corrected chi connectivity index (χ0v) is 11.8. The van der Waals surface area contributed by atoms with Gasteiger partial charge >= 0.3 is 5.97 Å². The first-order chi connectivity index (χ1) is 9.22. The zero-order chi connectivity index (χ0) is 13.7. The molecule has 100 valence electrons. The van der Waals surface area contributed by atoms with Crippen molar-refractivity contribution in [1.82, 2.24) is 4.98 Å². The maximum Gasteiger partial charge on any atom is 0.357 e. The molecular formula is C14H16N2O2S. The number of esters is 1. The fourth-order valence-corrected chi connectivity index (χ4v) is 2.28. The Morgan fingerprint density at radius 1 is 1.32 bits per heavy atom. The Morgan fingerprint density at radius 2 is 2.05 bits per heavy atom. The van der Waals surface area contributed by atoms with E-state index >= 15 is 0 Å². The van der Waals surface area contributed by atoms with Gasteiger partial charge in [0.1, 0.15) is 0 Å². The average Bonchev–Trinajstić information content (AvgIpc) is 2.88. The van der Waals surface area contributed by atoms with Crippen LogP contribution in [0.15, 0.2) is 29.6 Å². The van der Waals surface area contributed by atoms with Crippen molar-refractivity contribution in [1.29, 1.82) is 0 Å². The predicted octanol–water partition coefficient (Wildman–Crippen LogP) is 3.63. The summed E-state index contributed by atoms with van der Waals surface area (Å²) < 4.78 is 4.90. The van der Waals surface area contributed by atoms with Crippen molar-refractivity contribution in [2.24, 2.45) is 0 Å². The number of aromatic nitrogens is 1. The van der Waals surface area contributed by atoms with Gasteiger partial charge in [0, 0.05) is 11.1 Å². The van der Waals surface area contributed by atoms with Crippen LogP contribution in [0.2, 0.25) is 0 Å². The normalized spacial score (nSPS) is 10.2. The highest BCUT2D eigenvalue weighted by Gasteiger charge is 2.11. The second kappa shape index (κ2) is 6.33. The Kier molecular flexibility index (Phi) is 4.52. The minimum atomic E-state index is -0.381. The maximum atomic E-state index is 11.5. The largest absolute Gasteiger partial charge is 0.461 e. The quantitative estimate of drug-likeness (QED) is 0.847. The first-order valence-corrected chi connectivity index (χ1v) is 7.09. The molecule has 0 saturated heterocycles. The molecule has 0 unspecified atom stereocenters. The molecule has 0 spiro atoms. The lowest BCUT2D eigenvalue weighted by Gasteiger charge is -2.03. The maximum absolute atomic E-state index is 11.5. The van der Waals surface area contributed by atoms with E-state index in [0.29, 0.717) is 17.4 Å². The van der Waals surface area contributed by atoms with Gasteiger partial charge in [-0.2, -0.15) is 0 Å². The summed E-state index contributed by atoms with van der Waals surface area (Å²) in [6, 6.07) is 8.15. The Labute approximate surface area is 116 Å². The Bertz CT molecular complexity index is 549. The van der Waals surface area contributed by atoms with Gasteiger partial charge in [-0.15, -0.1) is 11.3 Å². The zero-order valence-electron chi connectivity index (χ0n) is 11.0. The minimum Gasteiger partial charge on any atom is -0.461 e. The van der Waals surface area contributed by atoms with Gasteiger partial charge in [0.15, 0.2) is 10.8 Å². The number of hydrogen-bond donors (Lipinski definition) is 1. The van der Waals surface area contributed by atoms with E-state index in [1.54, 1.807) is 12.3 Å². The highest BCUT2D eigenvalue weighted by Crippen LogP contribution is 2.21. The van der Waals surface area contributed by atoms with Crippen molar-refractivity contribution in [3.8, 4) is 0 Å². The number of nitrogens with zero attached hydrogens (tertiary/aromatic N) is 1. The molecule has 1 aromatic heterocycles. The van der Waals surface area contributed by atoms with E-state index in [0.717, 1.165) is 12.1 Å². The topological polar surface area (TPSA) is 51.2 Å². The summed E-state index contributed by atoms with van der Waals surface area (Å²) in [6.45, 7) is 4.26. The molecule has 1 aromatic carbocycles. The molecule has 4 nitrogen and oxygen atoms in total. The van der Waals surface area contributed by atoms with Crippen LogP contribution in [-0.2, 0) is 11.2 Å². The Hall–Kier alpha value is -1.88. The molecule has 1 N–H and O–H groups in total. The molecule has 0 atom stereocenters. The van der Waals surface area contributed by atoms with Crippen molar-refractivity contribution in [3.63, 3.8) is 0 Å². The van der Waals surface area contributed by atoms with E-state index < -0.39 is 0 Å². The van der Waals surface area contributed by atoms with Crippen molar-refractivity contribution >= 4 is 28.1 Å². The summed E-state index contributed by atoms with van der Waals surface area (Å²) in [4.78, 5) is 15.7. The van der Waals surface area contributed by atoms with E-state index in [-0.39, 0.29) is 5.97 Å². The third-order valence-corrected chi connectivity index (χ3v) is 3.36. The lowest BCUT2D eigenvalue weighted by atomic mass is 10.1. The van der Waals surface area contributed by atoms with Crippen LogP contribution in [0, 0.1) is 0 Å². The predicted molar refractivity (Wildman–Crippen MR) is 77.2 cm³/mol. The van der Waals surface area contributed by atoms with E-state index in [4.69, 9.17) is 4.74 Å². The number of carbonyl (C=O) groups excluding carboxylic acids is 1. The van der Waals surface area contributed by atoms with Gasteiger partial charge in [0.25, 0.3) is 0 Å². The van der Waals surface area contributed by atoms with E-state index in [9.17, 15) is 4.79 Å². The third-order valence-electron chi connectivity index (χ3n) is 2.60. The number of rotatable bonds is 5. The van der Waals surface area contributed by atoms with Crippen LogP contribution < -0.4 is 5.32 Å². The number of thiazole rings is 1. The second-order valence-corrected chi connectivity index (χ2v) is 4.79. The first-order valence-electron chi connectivity index (χ1n) is 6.21. The molecule has 0 radical (unpaired) electrons. The number of ether oxygens (including phenoxy) is 1. The van der Waals surface area contributed by atoms with Gasteiger partial charge in [-0.25, -0.2) is 9.78 Å². The fraction of sp³-hybridized carbons (Fsp3) is 0.286. The second-order valence-electron chi connectivity index (χ2n) is 3.93. The highest BCUT2D eigenvalue weighted by atomic mass is 32.1. The van der Waals surface area contributed by atoms with Gasteiger partial charge in [-0.05, 0) is 31.0 Å². The molecule has 0 saturated carbocycles. The van der Waals surface area contributed by atoms with Crippen LogP contribution in [0.25, 0.3) is 0 Å². The van der Waals surface area contributed by atoms with Crippen LogP contribution in [-0.4, -0.2) is 17.6 Å². The molecule has 0 fully saturated rings. The average molecular weight is 276 g/mol. The number of nitrogens with one attached hydrogen (secondary N) is 1. The highest BCUT2D eigenvalue weighted by molar-refractivity contribution is 7.14. The van der Waals surface area contributed by atoms with Crippen LogP contribution in [0.1, 0.15) is 29.9 Å². The molecule has 5 heteroatoms. The molecular weight excluding hydrogens is 260 g/mol. The molecule has 0 aliphatic carbocycles. The van der Waals surface area contributed by atoms with Crippen molar-refractivity contribution < 1.29 is 9.53 Å².